The highest BCUT2D eigenvalue weighted by Gasteiger charge is 2.24. The van der Waals surface area contributed by atoms with Crippen LogP contribution in [0.1, 0.15) is 27.6 Å². The lowest BCUT2D eigenvalue weighted by Crippen LogP contribution is -2.14. The molecule has 6 nitrogen and oxygen atoms in total. The number of halogens is 1. The number of hydrogen-bond acceptors (Lipinski definition) is 6. The molecular formula is C22H20INO5S. The van der Waals surface area contributed by atoms with Gasteiger partial charge in [-0.25, -0.2) is 4.79 Å². The molecule has 0 saturated heterocycles. The first-order valence-electron chi connectivity index (χ1n) is 9.06. The number of anilines is 1. The molecule has 0 bridgehead atoms. The van der Waals surface area contributed by atoms with Crippen LogP contribution in [0.4, 0.5) is 5.00 Å². The molecule has 3 rings (SSSR count). The fourth-order valence-corrected chi connectivity index (χ4v) is 4.16. The van der Waals surface area contributed by atoms with Crippen LogP contribution in [0, 0.1) is 3.57 Å². The number of esters is 1. The lowest BCUT2D eigenvalue weighted by Gasteiger charge is -2.11. The second-order valence-electron chi connectivity index (χ2n) is 6.10. The topological polar surface area (TPSA) is 73.9 Å². The first-order chi connectivity index (χ1) is 14.5. The Labute approximate surface area is 192 Å². The number of amides is 1. The molecule has 0 spiro atoms. The zero-order valence-electron chi connectivity index (χ0n) is 16.7. The van der Waals surface area contributed by atoms with E-state index in [1.165, 1.54) is 11.3 Å². The van der Waals surface area contributed by atoms with Crippen LogP contribution in [0.2, 0.25) is 0 Å². The van der Waals surface area contributed by atoms with Crippen molar-refractivity contribution in [3.05, 3.63) is 62.5 Å². The second-order valence-corrected chi connectivity index (χ2v) is 8.23. The van der Waals surface area contributed by atoms with Crippen LogP contribution < -0.4 is 14.8 Å². The van der Waals surface area contributed by atoms with Gasteiger partial charge in [-0.3, -0.25) is 4.79 Å². The standard InChI is InChI=1S/C22H20INO5S/c1-4-29-22(26)19-16(14-7-10-17(27-2)18(11-14)28-3)12-30-21(19)24-20(25)13-5-8-15(23)9-6-13/h5-12H,4H2,1-3H3,(H,24,25). The molecule has 30 heavy (non-hydrogen) atoms. The molecule has 1 heterocycles. The quantitative estimate of drug-likeness (QED) is 0.320. The Bertz CT molecular complexity index is 1060. The summed E-state index contributed by atoms with van der Waals surface area (Å²) < 4.78 is 16.9. The molecule has 0 unspecified atom stereocenters. The number of hydrogen-bond donors (Lipinski definition) is 1. The minimum absolute atomic E-state index is 0.227. The van der Waals surface area contributed by atoms with E-state index in [1.807, 2.05) is 23.6 Å². The van der Waals surface area contributed by atoms with Gasteiger partial charge in [-0.2, -0.15) is 0 Å². The lowest BCUT2D eigenvalue weighted by molar-refractivity contribution is 0.0529. The van der Waals surface area contributed by atoms with E-state index in [9.17, 15) is 9.59 Å². The maximum absolute atomic E-state index is 12.7. The van der Waals surface area contributed by atoms with Gasteiger partial charge >= 0.3 is 5.97 Å². The number of ether oxygens (including phenoxy) is 3. The van der Waals surface area contributed by atoms with Gasteiger partial charge in [0.2, 0.25) is 0 Å². The molecule has 156 valence electrons. The lowest BCUT2D eigenvalue weighted by atomic mass is 10.0. The average Bonchev–Trinajstić information content (AvgIpc) is 3.17. The van der Waals surface area contributed by atoms with Crippen LogP contribution in [-0.2, 0) is 4.74 Å². The highest BCUT2D eigenvalue weighted by Crippen LogP contribution is 2.39. The van der Waals surface area contributed by atoms with Crippen molar-refractivity contribution in [3.63, 3.8) is 0 Å². The molecule has 0 aliphatic carbocycles. The summed E-state index contributed by atoms with van der Waals surface area (Å²) in [5.41, 5.74) is 2.22. The Morgan fingerprint density at radius 1 is 1.03 bits per heavy atom. The maximum atomic E-state index is 12.7. The van der Waals surface area contributed by atoms with Crippen molar-refractivity contribution >= 4 is 50.8 Å². The van der Waals surface area contributed by atoms with Gasteiger partial charge in [0.15, 0.2) is 11.5 Å². The molecule has 0 aliphatic rings. The summed E-state index contributed by atoms with van der Waals surface area (Å²) in [6.07, 6.45) is 0. The summed E-state index contributed by atoms with van der Waals surface area (Å²) >= 11 is 3.45. The van der Waals surface area contributed by atoms with Gasteiger partial charge in [0.25, 0.3) is 5.91 Å². The molecule has 8 heteroatoms. The van der Waals surface area contributed by atoms with Gasteiger partial charge in [0, 0.05) is 20.1 Å². The monoisotopic (exact) mass is 537 g/mol. The van der Waals surface area contributed by atoms with Crippen molar-refractivity contribution in [3.8, 4) is 22.6 Å². The summed E-state index contributed by atoms with van der Waals surface area (Å²) in [6, 6.07) is 12.6. The van der Waals surface area contributed by atoms with E-state index >= 15 is 0 Å². The summed E-state index contributed by atoms with van der Waals surface area (Å²) in [5.74, 6) is 0.334. The van der Waals surface area contributed by atoms with Crippen LogP contribution in [0.3, 0.4) is 0 Å². The largest absolute Gasteiger partial charge is 0.493 e. The third-order valence-corrected chi connectivity index (χ3v) is 5.91. The molecule has 0 fully saturated rings. The average molecular weight is 537 g/mol. The summed E-state index contributed by atoms with van der Waals surface area (Å²) in [4.78, 5) is 25.4. The highest BCUT2D eigenvalue weighted by molar-refractivity contribution is 14.1. The van der Waals surface area contributed by atoms with Crippen LogP contribution in [0.25, 0.3) is 11.1 Å². The molecule has 0 atom stereocenters. The van der Waals surface area contributed by atoms with Gasteiger partial charge in [0.1, 0.15) is 10.6 Å². The fourth-order valence-electron chi connectivity index (χ4n) is 2.85. The van der Waals surface area contributed by atoms with E-state index in [0.29, 0.717) is 33.2 Å². The van der Waals surface area contributed by atoms with Crippen LogP contribution in [0.15, 0.2) is 47.8 Å². The van der Waals surface area contributed by atoms with E-state index in [4.69, 9.17) is 14.2 Å². The number of nitrogens with one attached hydrogen (secondary N) is 1. The third-order valence-electron chi connectivity index (χ3n) is 4.30. The first-order valence-corrected chi connectivity index (χ1v) is 11.0. The van der Waals surface area contributed by atoms with Crippen molar-refractivity contribution < 1.29 is 23.8 Å². The first kappa shape index (κ1) is 22.1. The molecular weight excluding hydrogens is 517 g/mol. The fraction of sp³-hybridized carbons (Fsp3) is 0.182. The van der Waals surface area contributed by atoms with Gasteiger partial charge in [-0.1, -0.05) is 6.07 Å². The smallest absolute Gasteiger partial charge is 0.341 e. The Kier molecular flexibility index (Phi) is 7.33. The van der Waals surface area contributed by atoms with Crippen molar-refractivity contribution in [2.24, 2.45) is 0 Å². The Morgan fingerprint density at radius 3 is 2.37 bits per heavy atom. The molecule has 3 aromatic rings. The molecule has 0 saturated carbocycles. The minimum Gasteiger partial charge on any atom is -0.493 e. The summed E-state index contributed by atoms with van der Waals surface area (Å²) in [5, 5.41) is 5.10. The van der Waals surface area contributed by atoms with Gasteiger partial charge in [-0.15, -0.1) is 11.3 Å². The summed E-state index contributed by atoms with van der Waals surface area (Å²) in [6.45, 7) is 1.97. The number of carbonyl (C=O) groups excluding carboxylic acids is 2. The van der Waals surface area contributed by atoms with Crippen LogP contribution in [0.5, 0.6) is 11.5 Å². The number of thiophene rings is 1. The van der Waals surface area contributed by atoms with Crippen LogP contribution >= 0.6 is 33.9 Å². The number of benzene rings is 2. The number of methoxy groups -OCH3 is 2. The predicted molar refractivity (Wildman–Crippen MR) is 126 cm³/mol. The normalized spacial score (nSPS) is 10.4. The SMILES string of the molecule is CCOC(=O)c1c(-c2ccc(OC)c(OC)c2)csc1NC(=O)c1ccc(I)cc1. The second kappa shape index (κ2) is 9.94. The zero-order valence-corrected chi connectivity index (χ0v) is 19.6. The van der Waals surface area contributed by atoms with Crippen molar-refractivity contribution in [2.45, 2.75) is 6.92 Å². The summed E-state index contributed by atoms with van der Waals surface area (Å²) in [7, 11) is 3.11. The number of rotatable bonds is 7. The van der Waals surface area contributed by atoms with Gasteiger partial charge in [0.05, 0.1) is 20.8 Å². The van der Waals surface area contributed by atoms with E-state index < -0.39 is 5.97 Å². The highest BCUT2D eigenvalue weighted by atomic mass is 127. The van der Waals surface area contributed by atoms with Gasteiger partial charge in [-0.05, 0) is 71.5 Å². The molecule has 0 aliphatic heterocycles. The molecule has 1 N–H and O–H groups in total. The van der Waals surface area contributed by atoms with Crippen molar-refractivity contribution in [2.75, 3.05) is 26.1 Å². The number of carbonyl (C=O) groups is 2. The third kappa shape index (κ3) is 4.76. The Balaban J connectivity index is 2.01. The van der Waals surface area contributed by atoms with E-state index in [0.717, 1.165) is 9.13 Å². The minimum atomic E-state index is -0.499. The van der Waals surface area contributed by atoms with Crippen molar-refractivity contribution in [1.29, 1.82) is 0 Å². The zero-order chi connectivity index (χ0) is 21.7. The van der Waals surface area contributed by atoms with E-state index in [2.05, 4.69) is 27.9 Å². The van der Waals surface area contributed by atoms with Gasteiger partial charge < -0.3 is 19.5 Å². The Hall–Kier alpha value is -2.59. The Morgan fingerprint density at radius 2 is 1.73 bits per heavy atom. The van der Waals surface area contributed by atoms with E-state index in [1.54, 1.807) is 45.4 Å². The molecule has 2 aromatic carbocycles. The molecule has 1 amide bonds. The molecule has 1 aromatic heterocycles. The van der Waals surface area contributed by atoms with Crippen LogP contribution in [-0.4, -0.2) is 32.7 Å². The predicted octanol–water partition coefficient (Wildman–Crippen LogP) is 5.47. The van der Waals surface area contributed by atoms with E-state index in [-0.39, 0.29) is 12.5 Å². The maximum Gasteiger partial charge on any atom is 0.341 e. The van der Waals surface area contributed by atoms with Crippen molar-refractivity contribution in [1.82, 2.24) is 0 Å². The molecule has 0 radical (unpaired) electrons.